The van der Waals surface area contributed by atoms with Crippen LogP contribution in [-0.4, -0.2) is 69.6 Å². The predicted molar refractivity (Wildman–Crippen MR) is 119 cm³/mol. The molecule has 2 aromatic rings. The summed E-state index contributed by atoms with van der Waals surface area (Å²) in [6.07, 6.45) is 3.66. The van der Waals surface area contributed by atoms with Gasteiger partial charge < -0.3 is 30.5 Å². The van der Waals surface area contributed by atoms with E-state index < -0.39 is 11.9 Å². The van der Waals surface area contributed by atoms with Crippen molar-refractivity contribution in [1.82, 2.24) is 20.2 Å². The maximum absolute atomic E-state index is 13.5. The van der Waals surface area contributed by atoms with E-state index in [2.05, 4.69) is 20.6 Å². The summed E-state index contributed by atoms with van der Waals surface area (Å²) in [4.78, 5) is 23.5. The van der Waals surface area contributed by atoms with Gasteiger partial charge in [0.05, 0.1) is 42.6 Å². The van der Waals surface area contributed by atoms with Gasteiger partial charge in [0, 0.05) is 25.4 Å². The average molecular weight is 480 g/mol. The number of hydrogen-bond donors (Lipinski definition) is 4. The van der Waals surface area contributed by atoms with Crippen LogP contribution in [0.3, 0.4) is 0 Å². The standard InChI is InChI=1S/C22H27ClFN5O4/c23-17-7-13(1-2-18(17)24)20(12-31)28-22(32)29-5-3-14-9-25-21(27-19(14)10-29)26-15-4-6-33-16(8-15)11-30/h1-2,7,9,15-16,20,30-31H,3-6,8,10-12H2,(H,28,32)(H,25,26,27). The zero-order valence-corrected chi connectivity index (χ0v) is 18.8. The predicted octanol–water partition coefficient (Wildman–Crippen LogP) is 2.02. The molecule has 0 aliphatic carbocycles. The normalized spacial score (nSPS) is 21.3. The highest BCUT2D eigenvalue weighted by Gasteiger charge is 2.26. The molecule has 178 valence electrons. The molecule has 3 heterocycles. The Morgan fingerprint density at radius 1 is 1.39 bits per heavy atom. The zero-order valence-electron chi connectivity index (χ0n) is 18.0. The number of nitrogens with one attached hydrogen (secondary N) is 2. The van der Waals surface area contributed by atoms with Gasteiger partial charge in [-0.2, -0.15) is 0 Å². The number of hydrogen-bond acceptors (Lipinski definition) is 7. The number of ether oxygens (including phenoxy) is 1. The first-order valence-corrected chi connectivity index (χ1v) is 11.3. The van der Waals surface area contributed by atoms with Gasteiger partial charge in [0.2, 0.25) is 5.95 Å². The van der Waals surface area contributed by atoms with E-state index in [-0.39, 0.29) is 36.4 Å². The van der Waals surface area contributed by atoms with Crippen LogP contribution in [0.15, 0.2) is 24.4 Å². The Hall–Kier alpha value is -2.53. The molecule has 2 amide bonds. The lowest BCUT2D eigenvalue weighted by molar-refractivity contribution is -0.0213. The number of amides is 2. The second-order valence-corrected chi connectivity index (χ2v) is 8.64. The van der Waals surface area contributed by atoms with Gasteiger partial charge in [-0.3, -0.25) is 0 Å². The molecular formula is C22H27ClFN5O4. The summed E-state index contributed by atoms with van der Waals surface area (Å²) in [5.74, 6) is -0.0819. The minimum atomic E-state index is -0.715. The number of aliphatic hydroxyl groups is 2. The first-order chi connectivity index (χ1) is 16.0. The first-order valence-electron chi connectivity index (χ1n) is 10.9. The minimum Gasteiger partial charge on any atom is -0.394 e. The molecule has 1 aromatic heterocycles. The Labute approximate surface area is 195 Å². The van der Waals surface area contributed by atoms with Crippen molar-refractivity contribution in [3.8, 4) is 0 Å². The van der Waals surface area contributed by atoms with Crippen molar-refractivity contribution in [3.05, 3.63) is 52.1 Å². The van der Waals surface area contributed by atoms with Crippen LogP contribution in [0.4, 0.5) is 15.1 Å². The van der Waals surface area contributed by atoms with E-state index in [0.717, 1.165) is 17.7 Å². The Morgan fingerprint density at radius 2 is 2.24 bits per heavy atom. The third-order valence-corrected chi connectivity index (χ3v) is 6.25. The maximum atomic E-state index is 13.5. The van der Waals surface area contributed by atoms with E-state index in [4.69, 9.17) is 16.3 Å². The topological polar surface area (TPSA) is 120 Å². The van der Waals surface area contributed by atoms with E-state index >= 15 is 0 Å². The zero-order chi connectivity index (χ0) is 23.4. The largest absolute Gasteiger partial charge is 0.394 e. The highest BCUT2D eigenvalue weighted by Crippen LogP contribution is 2.23. The number of urea groups is 1. The molecule has 1 aromatic carbocycles. The van der Waals surface area contributed by atoms with E-state index in [1.54, 1.807) is 11.1 Å². The number of nitrogens with zero attached hydrogens (tertiary/aromatic N) is 3. The molecule has 11 heteroatoms. The lowest BCUT2D eigenvalue weighted by Crippen LogP contribution is -2.45. The third-order valence-electron chi connectivity index (χ3n) is 5.96. The molecule has 1 fully saturated rings. The molecule has 0 saturated carbocycles. The molecule has 3 atom stereocenters. The second-order valence-electron chi connectivity index (χ2n) is 8.24. The van der Waals surface area contributed by atoms with E-state index in [0.29, 0.717) is 44.0 Å². The fourth-order valence-electron chi connectivity index (χ4n) is 4.07. The molecule has 0 spiro atoms. The van der Waals surface area contributed by atoms with Crippen LogP contribution >= 0.6 is 11.6 Å². The van der Waals surface area contributed by atoms with E-state index in [1.807, 2.05) is 0 Å². The van der Waals surface area contributed by atoms with Gasteiger partial charge in [0.25, 0.3) is 0 Å². The van der Waals surface area contributed by atoms with Crippen LogP contribution < -0.4 is 10.6 Å². The van der Waals surface area contributed by atoms with Crippen LogP contribution in [0.1, 0.15) is 35.7 Å². The van der Waals surface area contributed by atoms with Crippen LogP contribution in [0, 0.1) is 5.82 Å². The summed E-state index contributed by atoms with van der Waals surface area (Å²) in [6, 6.07) is 3.11. The molecule has 1 saturated heterocycles. The monoisotopic (exact) mass is 479 g/mol. The second kappa shape index (κ2) is 10.6. The average Bonchev–Trinajstić information content (AvgIpc) is 2.83. The highest BCUT2D eigenvalue weighted by molar-refractivity contribution is 6.30. The molecule has 2 aliphatic heterocycles. The van der Waals surface area contributed by atoms with Gasteiger partial charge in [0.15, 0.2) is 0 Å². The lowest BCUT2D eigenvalue weighted by Gasteiger charge is -2.31. The first kappa shape index (κ1) is 23.6. The molecule has 0 bridgehead atoms. The molecule has 2 aliphatic rings. The molecular weight excluding hydrogens is 453 g/mol. The Morgan fingerprint density at radius 3 is 3.00 bits per heavy atom. The maximum Gasteiger partial charge on any atom is 0.318 e. The number of carbonyl (C=O) groups is 1. The van der Waals surface area contributed by atoms with Crippen molar-refractivity contribution < 1.29 is 24.1 Å². The molecule has 33 heavy (non-hydrogen) atoms. The van der Waals surface area contributed by atoms with Crippen LogP contribution in [0.2, 0.25) is 5.02 Å². The van der Waals surface area contributed by atoms with Crippen LogP contribution in [-0.2, 0) is 17.7 Å². The summed E-state index contributed by atoms with van der Waals surface area (Å²) in [6.45, 7) is 0.969. The lowest BCUT2D eigenvalue weighted by atomic mass is 10.0. The number of fused-ring (bicyclic) bond motifs is 1. The molecule has 9 nitrogen and oxygen atoms in total. The Bertz CT molecular complexity index is 997. The van der Waals surface area contributed by atoms with Crippen molar-refractivity contribution in [2.24, 2.45) is 0 Å². The van der Waals surface area contributed by atoms with E-state index in [1.165, 1.54) is 18.2 Å². The smallest absolute Gasteiger partial charge is 0.318 e. The van der Waals surface area contributed by atoms with Gasteiger partial charge in [-0.1, -0.05) is 17.7 Å². The SMILES string of the molecule is O=C(NC(CO)c1ccc(F)c(Cl)c1)N1CCc2cnc(NC3CCOC(CO)C3)nc2C1. The van der Waals surface area contributed by atoms with Gasteiger partial charge in [-0.15, -0.1) is 0 Å². The number of aromatic nitrogens is 2. The summed E-state index contributed by atoms with van der Waals surface area (Å²) in [5.41, 5.74) is 2.25. The summed E-state index contributed by atoms with van der Waals surface area (Å²) in [7, 11) is 0. The summed E-state index contributed by atoms with van der Waals surface area (Å²) < 4.78 is 18.9. The fraction of sp³-hybridized carbons (Fsp3) is 0.500. The minimum absolute atomic E-state index is 0.0216. The van der Waals surface area contributed by atoms with E-state index in [9.17, 15) is 19.4 Å². The van der Waals surface area contributed by atoms with Crippen molar-refractivity contribution in [3.63, 3.8) is 0 Å². The molecule has 4 N–H and O–H groups in total. The number of halogens is 2. The van der Waals surface area contributed by atoms with Crippen molar-refractivity contribution in [2.75, 3.05) is 31.7 Å². The summed E-state index contributed by atoms with van der Waals surface area (Å²) in [5, 5.41) is 25.1. The fourth-order valence-corrected chi connectivity index (χ4v) is 4.26. The van der Waals surface area contributed by atoms with Gasteiger partial charge in [0.1, 0.15) is 5.82 Å². The number of carbonyl (C=O) groups excluding carboxylic acids is 1. The highest BCUT2D eigenvalue weighted by atomic mass is 35.5. The molecule has 4 rings (SSSR count). The Balaban J connectivity index is 1.40. The Kier molecular flexibility index (Phi) is 7.59. The van der Waals surface area contributed by atoms with Crippen LogP contribution in [0.25, 0.3) is 0 Å². The number of aliphatic hydroxyl groups excluding tert-OH is 2. The van der Waals surface area contributed by atoms with Gasteiger partial charge in [-0.05, 0) is 42.5 Å². The van der Waals surface area contributed by atoms with Gasteiger partial charge in [-0.25, -0.2) is 19.2 Å². The van der Waals surface area contributed by atoms with Crippen molar-refractivity contribution in [2.45, 2.75) is 44.0 Å². The number of rotatable bonds is 6. The molecule has 3 unspecified atom stereocenters. The third kappa shape index (κ3) is 5.70. The van der Waals surface area contributed by atoms with Crippen LogP contribution in [0.5, 0.6) is 0 Å². The number of anilines is 1. The summed E-state index contributed by atoms with van der Waals surface area (Å²) >= 11 is 5.84. The molecule has 0 radical (unpaired) electrons. The number of benzene rings is 1. The van der Waals surface area contributed by atoms with Crippen molar-refractivity contribution in [1.29, 1.82) is 0 Å². The van der Waals surface area contributed by atoms with Crippen molar-refractivity contribution >= 4 is 23.6 Å². The quantitative estimate of drug-likeness (QED) is 0.500. The van der Waals surface area contributed by atoms with Gasteiger partial charge >= 0.3 is 6.03 Å².